The van der Waals surface area contributed by atoms with Gasteiger partial charge in [-0.15, -0.1) is 11.3 Å². The van der Waals surface area contributed by atoms with Gasteiger partial charge in [0.2, 0.25) is 0 Å². The fourth-order valence-electron chi connectivity index (χ4n) is 1.92. The van der Waals surface area contributed by atoms with Crippen LogP contribution in [0, 0.1) is 11.3 Å². The van der Waals surface area contributed by atoms with E-state index in [1.165, 1.54) is 0 Å². The van der Waals surface area contributed by atoms with Crippen LogP contribution in [0.15, 0.2) is 42.1 Å². The molecule has 0 unspecified atom stereocenters. The number of carbonyl (C=O) groups excluding carboxylic acids is 1. The van der Waals surface area contributed by atoms with Crippen molar-refractivity contribution in [2.75, 3.05) is 0 Å². The van der Waals surface area contributed by atoms with E-state index in [1.807, 2.05) is 24.3 Å². The molecule has 2 heterocycles. The lowest BCUT2D eigenvalue weighted by Crippen LogP contribution is -2.21. The molecule has 2 N–H and O–H groups in total. The maximum Gasteiger partial charge on any atom is 0.273 e. The molecule has 21 heavy (non-hydrogen) atoms. The predicted octanol–water partition coefficient (Wildman–Crippen LogP) is 2.63. The van der Waals surface area contributed by atoms with E-state index in [4.69, 9.17) is 17.5 Å². The Morgan fingerprint density at radius 1 is 1.14 bits per heavy atom. The van der Waals surface area contributed by atoms with Crippen molar-refractivity contribution in [3.8, 4) is 16.5 Å². The number of thiocarbonyl (C=S) groups is 1. The molecule has 3 rings (SSSR count). The lowest BCUT2D eigenvalue weighted by atomic mass is 10.1. The Morgan fingerprint density at radius 2 is 1.90 bits per heavy atom. The summed E-state index contributed by atoms with van der Waals surface area (Å²) < 4.78 is 0. The molecular formula is C15H9N3OS2. The first-order valence-electron chi connectivity index (χ1n) is 6.10. The number of nitriles is 1. The van der Waals surface area contributed by atoms with Crippen LogP contribution in [0.25, 0.3) is 16.5 Å². The molecule has 0 radical (unpaired) electrons. The Hall–Kier alpha value is -2.49. The normalized spacial score (nSPS) is 15.7. The summed E-state index contributed by atoms with van der Waals surface area (Å²) in [7, 11) is 0. The summed E-state index contributed by atoms with van der Waals surface area (Å²) in [6.45, 7) is 0. The van der Waals surface area contributed by atoms with Crippen molar-refractivity contribution in [1.29, 1.82) is 5.26 Å². The molecule has 0 bridgehead atoms. The second-order valence-electron chi connectivity index (χ2n) is 4.36. The van der Waals surface area contributed by atoms with Crippen LogP contribution in [0.4, 0.5) is 0 Å². The molecule has 0 spiro atoms. The molecule has 1 aliphatic rings. The van der Waals surface area contributed by atoms with Crippen LogP contribution in [-0.2, 0) is 4.79 Å². The molecule has 1 fully saturated rings. The minimum Gasteiger partial charge on any atom is -0.328 e. The van der Waals surface area contributed by atoms with Crippen molar-refractivity contribution in [1.82, 2.24) is 10.6 Å². The zero-order valence-corrected chi connectivity index (χ0v) is 12.3. The molecule has 1 aromatic heterocycles. The first-order valence-corrected chi connectivity index (χ1v) is 7.32. The molecule has 4 nitrogen and oxygen atoms in total. The summed E-state index contributed by atoms with van der Waals surface area (Å²) in [5.41, 5.74) is 2.13. The Kier molecular flexibility index (Phi) is 3.52. The topological polar surface area (TPSA) is 64.9 Å². The minimum atomic E-state index is -0.215. The van der Waals surface area contributed by atoms with Crippen LogP contribution in [0.1, 0.15) is 10.4 Å². The molecule has 1 aliphatic heterocycles. The van der Waals surface area contributed by atoms with Gasteiger partial charge >= 0.3 is 0 Å². The van der Waals surface area contributed by atoms with Crippen LogP contribution in [0.5, 0.6) is 0 Å². The summed E-state index contributed by atoms with van der Waals surface area (Å²) in [6.07, 6.45) is 1.77. The van der Waals surface area contributed by atoms with E-state index >= 15 is 0 Å². The Bertz CT molecular complexity index is 797. The molecule has 0 aliphatic carbocycles. The summed E-state index contributed by atoms with van der Waals surface area (Å²) in [4.78, 5) is 13.6. The van der Waals surface area contributed by atoms with Crippen LogP contribution >= 0.6 is 23.6 Å². The largest absolute Gasteiger partial charge is 0.328 e. The van der Waals surface area contributed by atoms with Crippen molar-refractivity contribution in [3.05, 3.63) is 52.5 Å². The summed E-state index contributed by atoms with van der Waals surface area (Å²) >= 11 is 6.45. The lowest BCUT2D eigenvalue weighted by Gasteiger charge is -1.96. The van der Waals surface area contributed by atoms with Gasteiger partial charge in [0.1, 0.15) is 5.70 Å². The van der Waals surface area contributed by atoms with E-state index in [1.54, 1.807) is 29.5 Å². The Morgan fingerprint density at radius 3 is 2.52 bits per heavy atom. The minimum absolute atomic E-state index is 0.215. The second kappa shape index (κ2) is 5.48. The van der Waals surface area contributed by atoms with Crippen LogP contribution in [0.3, 0.4) is 0 Å². The third kappa shape index (κ3) is 2.84. The molecule has 0 saturated carbocycles. The van der Waals surface area contributed by atoms with Gasteiger partial charge in [0.15, 0.2) is 5.11 Å². The average Bonchev–Trinajstić information content (AvgIpc) is 3.07. The number of nitrogens with one attached hydrogen (secondary N) is 2. The van der Waals surface area contributed by atoms with Gasteiger partial charge in [-0.05, 0) is 48.1 Å². The van der Waals surface area contributed by atoms with E-state index in [9.17, 15) is 4.79 Å². The SMILES string of the molecule is N#Cc1ccc(-c2ccc(/C=C3\NC(=S)NC3=O)s2)cc1. The monoisotopic (exact) mass is 311 g/mol. The third-order valence-corrected chi connectivity index (χ3v) is 4.22. The van der Waals surface area contributed by atoms with Gasteiger partial charge in [-0.2, -0.15) is 5.26 Å². The number of nitrogens with zero attached hydrogens (tertiary/aromatic N) is 1. The quantitative estimate of drug-likeness (QED) is 0.661. The molecule has 2 aromatic rings. The summed E-state index contributed by atoms with van der Waals surface area (Å²) in [5, 5.41) is 14.5. The zero-order valence-electron chi connectivity index (χ0n) is 10.7. The van der Waals surface area contributed by atoms with E-state index in [0.29, 0.717) is 16.4 Å². The van der Waals surface area contributed by atoms with E-state index in [0.717, 1.165) is 15.3 Å². The number of carbonyl (C=O) groups is 1. The van der Waals surface area contributed by atoms with Gasteiger partial charge < -0.3 is 5.32 Å². The predicted molar refractivity (Wildman–Crippen MR) is 86.3 cm³/mol. The fraction of sp³-hybridized carbons (Fsp3) is 0. The van der Waals surface area contributed by atoms with Gasteiger partial charge in [-0.25, -0.2) is 0 Å². The van der Waals surface area contributed by atoms with Crippen molar-refractivity contribution >= 4 is 40.7 Å². The van der Waals surface area contributed by atoms with Gasteiger partial charge in [-0.3, -0.25) is 10.1 Å². The number of benzene rings is 1. The highest BCUT2D eigenvalue weighted by Gasteiger charge is 2.20. The van der Waals surface area contributed by atoms with Crippen molar-refractivity contribution in [2.24, 2.45) is 0 Å². The van der Waals surface area contributed by atoms with Gasteiger partial charge in [0.25, 0.3) is 5.91 Å². The number of amides is 1. The highest BCUT2D eigenvalue weighted by molar-refractivity contribution is 7.80. The number of thiophene rings is 1. The number of hydrogen-bond donors (Lipinski definition) is 2. The molecular weight excluding hydrogens is 302 g/mol. The van der Waals surface area contributed by atoms with E-state index in [-0.39, 0.29) is 5.91 Å². The number of hydrogen-bond acceptors (Lipinski definition) is 4. The molecule has 102 valence electrons. The van der Waals surface area contributed by atoms with Crippen molar-refractivity contribution in [3.63, 3.8) is 0 Å². The number of rotatable bonds is 2. The molecule has 1 amide bonds. The molecule has 1 aromatic carbocycles. The smallest absolute Gasteiger partial charge is 0.273 e. The molecule has 6 heteroatoms. The lowest BCUT2D eigenvalue weighted by molar-refractivity contribution is -0.115. The highest BCUT2D eigenvalue weighted by atomic mass is 32.1. The maximum absolute atomic E-state index is 11.6. The standard InChI is InChI=1S/C15H9N3OS2/c16-8-9-1-3-10(4-2-9)13-6-5-11(21-13)7-12-14(19)18-15(20)17-12/h1-7H,(H2,17,18,19,20)/b12-7-. The van der Waals surface area contributed by atoms with Crippen LogP contribution in [-0.4, -0.2) is 11.0 Å². The van der Waals surface area contributed by atoms with Gasteiger partial charge in [0, 0.05) is 9.75 Å². The second-order valence-corrected chi connectivity index (χ2v) is 5.88. The van der Waals surface area contributed by atoms with Gasteiger partial charge in [0.05, 0.1) is 11.6 Å². The molecule has 1 saturated heterocycles. The first-order chi connectivity index (χ1) is 10.2. The Labute approximate surface area is 130 Å². The van der Waals surface area contributed by atoms with Gasteiger partial charge in [-0.1, -0.05) is 12.1 Å². The highest BCUT2D eigenvalue weighted by Crippen LogP contribution is 2.29. The fourth-order valence-corrected chi connectivity index (χ4v) is 3.08. The van der Waals surface area contributed by atoms with Crippen LogP contribution in [0.2, 0.25) is 0 Å². The van der Waals surface area contributed by atoms with Crippen molar-refractivity contribution < 1.29 is 4.79 Å². The summed E-state index contributed by atoms with van der Waals surface area (Å²) in [5.74, 6) is -0.215. The summed E-state index contributed by atoms with van der Waals surface area (Å²) in [6, 6.07) is 13.4. The first kappa shape index (κ1) is 13.5. The molecule has 0 atom stereocenters. The average molecular weight is 311 g/mol. The maximum atomic E-state index is 11.6. The Balaban J connectivity index is 1.86. The zero-order chi connectivity index (χ0) is 14.8. The van der Waals surface area contributed by atoms with E-state index in [2.05, 4.69) is 16.7 Å². The van der Waals surface area contributed by atoms with Crippen LogP contribution < -0.4 is 10.6 Å². The van der Waals surface area contributed by atoms with E-state index < -0.39 is 0 Å². The third-order valence-electron chi connectivity index (χ3n) is 2.93. The van der Waals surface area contributed by atoms with Crippen molar-refractivity contribution in [2.45, 2.75) is 0 Å².